The molecule has 1 saturated heterocycles. The molecular formula is C16H18N2O4. The van der Waals surface area contributed by atoms with Crippen molar-refractivity contribution in [2.24, 2.45) is 0 Å². The van der Waals surface area contributed by atoms with E-state index in [0.717, 1.165) is 17.7 Å². The lowest BCUT2D eigenvalue weighted by Gasteiger charge is -2.19. The number of amides is 3. The molecule has 0 aromatic heterocycles. The average molecular weight is 302 g/mol. The number of hydrogen-bond acceptors (Lipinski definition) is 4. The molecule has 1 aromatic carbocycles. The molecule has 22 heavy (non-hydrogen) atoms. The van der Waals surface area contributed by atoms with E-state index in [2.05, 4.69) is 5.32 Å². The molecule has 1 aliphatic heterocycles. The van der Waals surface area contributed by atoms with E-state index in [0.29, 0.717) is 24.2 Å². The fraction of sp³-hybridized carbons (Fsp3) is 0.438. The van der Waals surface area contributed by atoms with Crippen LogP contribution in [0.15, 0.2) is 24.3 Å². The van der Waals surface area contributed by atoms with Crippen LogP contribution in [0.1, 0.15) is 36.0 Å². The minimum absolute atomic E-state index is 0.257. The smallest absolute Gasteiger partial charge is 0.325 e. The van der Waals surface area contributed by atoms with E-state index in [-0.39, 0.29) is 18.2 Å². The Labute approximate surface area is 128 Å². The molecule has 116 valence electrons. The predicted octanol–water partition coefficient (Wildman–Crippen LogP) is 1.74. The molecule has 1 heterocycles. The Morgan fingerprint density at radius 1 is 1.27 bits per heavy atom. The van der Waals surface area contributed by atoms with Gasteiger partial charge in [0.2, 0.25) is 0 Å². The van der Waals surface area contributed by atoms with Gasteiger partial charge in [0.15, 0.2) is 5.78 Å². The van der Waals surface area contributed by atoms with E-state index in [9.17, 15) is 14.4 Å². The Bertz CT molecular complexity index is 635. The van der Waals surface area contributed by atoms with Gasteiger partial charge in [-0.3, -0.25) is 14.5 Å². The molecule has 1 spiro atoms. The van der Waals surface area contributed by atoms with Gasteiger partial charge in [-0.25, -0.2) is 4.79 Å². The molecule has 0 radical (unpaired) electrons. The standard InChI is InChI=1S/C16H18N2O4/c1-22-13-7-3-2-6-11(13)12(19)10-18-14(20)16(17-15(18)21)8-4-5-9-16/h2-3,6-7H,4-5,8-10H2,1H3,(H,17,21). The summed E-state index contributed by atoms with van der Waals surface area (Å²) in [6, 6.07) is 6.31. The highest BCUT2D eigenvalue weighted by Crippen LogP contribution is 2.35. The van der Waals surface area contributed by atoms with Crippen molar-refractivity contribution in [2.75, 3.05) is 13.7 Å². The van der Waals surface area contributed by atoms with E-state index in [1.807, 2.05) is 0 Å². The fourth-order valence-corrected chi connectivity index (χ4v) is 3.24. The van der Waals surface area contributed by atoms with Crippen LogP contribution in [0.4, 0.5) is 4.79 Å². The van der Waals surface area contributed by atoms with Gasteiger partial charge in [-0.15, -0.1) is 0 Å². The van der Waals surface area contributed by atoms with Crippen molar-refractivity contribution in [3.63, 3.8) is 0 Å². The summed E-state index contributed by atoms with van der Waals surface area (Å²) in [5, 5.41) is 2.77. The summed E-state index contributed by atoms with van der Waals surface area (Å²) in [4.78, 5) is 38.0. The monoisotopic (exact) mass is 302 g/mol. The highest BCUT2D eigenvalue weighted by Gasteiger charge is 2.52. The van der Waals surface area contributed by atoms with Gasteiger partial charge in [0, 0.05) is 0 Å². The summed E-state index contributed by atoms with van der Waals surface area (Å²) in [7, 11) is 1.48. The lowest BCUT2D eigenvalue weighted by molar-refractivity contribution is -0.130. The second-order valence-electron chi connectivity index (χ2n) is 5.73. The molecule has 0 bridgehead atoms. The molecule has 6 nitrogen and oxygen atoms in total. The Morgan fingerprint density at radius 2 is 1.95 bits per heavy atom. The molecule has 2 fully saturated rings. The molecule has 3 amide bonds. The van der Waals surface area contributed by atoms with Gasteiger partial charge >= 0.3 is 6.03 Å². The van der Waals surface area contributed by atoms with Crippen molar-refractivity contribution in [3.05, 3.63) is 29.8 Å². The first-order chi connectivity index (χ1) is 10.6. The van der Waals surface area contributed by atoms with E-state index in [1.54, 1.807) is 24.3 Å². The summed E-state index contributed by atoms with van der Waals surface area (Å²) in [6.07, 6.45) is 3.13. The second kappa shape index (κ2) is 5.44. The van der Waals surface area contributed by atoms with E-state index >= 15 is 0 Å². The Balaban J connectivity index is 1.79. The number of hydrogen-bond donors (Lipinski definition) is 1. The molecule has 0 atom stereocenters. The van der Waals surface area contributed by atoms with Crippen LogP contribution in [0.3, 0.4) is 0 Å². The third-order valence-corrected chi connectivity index (χ3v) is 4.41. The van der Waals surface area contributed by atoms with Crippen molar-refractivity contribution < 1.29 is 19.1 Å². The Kier molecular flexibility index (Phi) is 3.60. The molecule has 2 aliphatic rings. The van der Waals surface area contributed by atoms with Crippen LogP contribution < -0.4 is 10.1 Å². The number of nitrogens with one attached hydrogen (secondary N) is 1. The van der Waals surface area contributed by atoms with Crippen molar-refractivity contribution in [1.82, 2.24) is 10.2 Å². The maximum Gasteiger partial charge on any atom is 0.325 e. The number of nitrogens with zero attached hydrogens (tertiary/aromatic N) is 1. The molecule has 1 N–H and O–H groups in total. The number of benzene rings is 1. The van der Waals surface area contributed by atoms with Crippen molar-refractivity contribution in [2.45, 2.75) is 31.2 Å². The van der Waals surface area contributed by atoms with Crippen LogP contribution in [0.2, 0.25) is 0 Å². The van der Waals surface area contributed by atoms with Gasteiger partial charge in [-0.1, -0.05) is 25.0 Å². The van der Waals surface area contributed by atoms with Crippen LogP contribution in [0.25, 0.3) is 0 Å². The number of carbonyl (C=O) groups excluding carboxylic acids is 3. The summed E-state index contributed by atoms with van der Waals surface area (Å²) in [6.45, 7) is -0.257. The molecular weight excluding hydrogens is 284 g/mol. The molecule has 0 unspecified atom stereocenters. The number of para-hydroxylation sites is 1. The highest BCUT2D eigenvalue weighted by molar-refractivity contribution is 6.11. The summed E-state index contributed by atoms with van der Waals surface area (Å²) < 4.78 is 5.15. The molecule has 6 heteroatoms. The fourth-order valence-electron chi connectivity index (χ4n) is 3.24. The lowest BCUT2D eigenvalue weighted by Crippen LogP contribution is -2.44. The maximum atomic E-state index is 12.5. The third kappa shape index (κ3) is 2.24. The van der Waals surface area contributed by atoms with Gasteiger partial charge < -0.3 is 10.1 Å². The van der Waals surface area contributed by atoms with Gasteiger partial charge in [0.1, 0.15) is 11.3 Å². The van der Waals surface area contributed by atoms with Crippen molar-refractivity contribution in [3.8, 4) is 5.75 Å². The van der Waals surface area contributed by atoms with Gasteiger partial charge in [-0.2, -0.15) is 0 Å². The first-order valence-corrected chi connectivity index (χ1v) is 7.38. The number of urea groups is 1. The predicted molar refractivity (Wildman–Crippen MR) is 78.8 cm³/mol. The zero-order chi connectivity index (χ0) is 15.7. The molecule has 3 rings (SSSR count). The maximum absolute atomic E-state index is 12.5. The molecule has 1 aromatic rings. The quantitative estimate of drug-likeness (QED) is 0.679. The Hall–Kier alpha value is -2.37. The zero-order valence-corrected chi connectivity index (χ0v) is 12.4. The number of rotatable bonds is 4. The SMILES string of the molecule is COc1ccccc1C(=O)CN1C(=O)NC2(CCCC2)C1=O. The van der Waals surface area contributed by atoms with Gasteiger partial charge in [0.25, 0.3) is 5.91 Å². The zero-order valence-electron chi connectivity index (χ0n) is 12.4. The number of imide groups is 1. The van der Waals surface area contributed by atoms with Gasteiger partial charge in [0.05, 0.1) is 19.2 Å². The van der Waals surface area contributed by atoms with Crippen LogP contribution in [0.5, 0.6) is 5.75 Å². The summed E-state index contributed by atoms with van der Waals surface area (Å²) >= 11 is 0. The van der Waals surface area contributed by atoms with E-state index in [4.69, 9.17) is 4.74 Å². The average Bonchev–Trinajstić information content (AvgIpc) is 3.08. The summed E-state index contributed by atoms with van der Waals surface area (Å²) in [5.74, 6) is -0.149. The first-order valence-electron chi connectivity index (χ1n) is 7.38. The van der Waals surface area contributed by atoms with Crippen molar-refractivity contribution >= 4 is 17.7 Å². The third-order valence-electron chi connectivity index (χ3n) is 4.41. The number of ketones is 1. The largest absolute Gasteiger partial charge is 0.496 e. The van der Waals surface area contributed by atoms with Crippen molar-refractivity contribution in [1.29, 1.82) is 0 Å². The van der Waals surface area contributed by atoms with E-state index in [1.165, 1.54) is 7.11 Å². The van der Waals surface area contributed by atoms with Crippen LogP contribution in [-0.4, -0.2) is 41.8 Å². The number of carbonyl (C=O) groups is 3. The normalized spacial score (nSPS) is 19.6. The number of ether oxygens (including phenoxy) is 1. The number of methoxy groups -OCH3 is 1. The number of Topliss-reactive ketones (excluding diaryl/α,β-unsaturated/α-hetero) is 1. The first kappa shape index (κ1) is 14.6. The minimum atomic E-state index is -0.780. The second-order valence-corrected chi connectivity index (χ2v) is 5.73. The lowest BCUT2D eigenvalue weighted by atomic mass is 9.98. The van der Waals surface area contributed by atoms with Crippen LogP contribution in [-0.2, 0) is 4.79 Å². The summed E-state index contributed by atoms with van der Waals surface area (Å²) in [5.41, 5.74) is -0.407. The Morgan fingerprint density at radius 3 is 2.64 bits per heavy atom. The van der Waals surface area contributed by atoms with E-state index < -0.39 is 11.6 Å². The van der Waals surface area contributed by atoms with Gasteiger partial charge in [-0.05, 0) is 25.0 Å². The molecule has 1 saturated carbocycles. The van der Waals surface area contributed by atoms with Crippen LogP contribution >= 0.6 is 0 Å². The topological polar surface area (TPSA) is 75.7 Å². The van der Waals surface area contributed by atoms with Crippen LogP contribution in [0, 0.1) is 0 Å². The molecule has 1 aliphatic carbocycles. The minimum Gasteiger partial charge on any atom is -0.496 e. The highest BCUT2D eigenvalue weighted by atomic mass is 16.5.